The lowest BCUT2D eigenvalue weighted by Crippen LogP contribution is -2.30. The molecule has 2 aromatic carbocycles. The number of carbonyl (C=O) groups is 1. The summed E-state index contributed by atoms with van der Waals surface area (Å²) < 4.78 is 59.7. The van der Waals surface area contributed by atoms with Crippen LogP contribution in [0.3, 0.4) is 0 Å². The molecule has 1 aliphatic rings. The summed E-state index contributed by atoms with van der Waals surface area (Å²) in [4.78, 5) is 10.9. The molecule has 0 aliphatic heterocycles. The predicted molar refractivity (Wildman–Crippen MR) is 119 cm³/mol. The molecule has 4 rings (SSSR count). The number of sulfone groups is 1. The third-order valence-electron chi connectivity index (χ3n) is 5.44. The molecule has 0 bridgehead atoms. The second-order valence-electron chi connectivity index (χ2n) is 7.78. The summed E-state index contributed by atoms with van der Waals surface area (Å²) in [5.74, 6) is -3.30. The number of nitrogens with zero attached hydrogens (tertiary/aromatic N) is 2. The molecule has 1 heterocycles. The van der Waals surface area contributed by atoms with Gasteiger partial charge in [0.1, 0.15) is 24.0 Å². The van der Waals surface area contributed by atoms with Gasteiger partial charge in [-0.2, -0.15) is 5.10 Å². The average Bonchev–Trinajstić information content (AvgIpc) is 3.19. The molecule has 3 aromatic rings. The van der Waals surface area contributed by atoms with Gasteiger partial charge in [-0.15, -0.1) is 0 Å². The van der Waals surface area contributed by atoms with E-state index in [0.29, 0.717) is 12.8 Å². The Balaban J connectivity index is 1.47. The first kappa shape index (κ1) is 24.1. The van der Waals surface area contributed by atoms with Crippen molar-refractivity contribution in [3.63, 3.8) is 0 Å². The second kappa shape index (κ2) is 9.69. The second-order valence-corrected chi connectivity index (χ2v) is 10.2. The molecule has 180 valence electrons. The SMILES string of the molecule is O=C(O)Cn1ncc2c1CCC[C@H]2NCS(=O)(=O)c1ccc(Oc2cc(F)ccc2F)c(Cl)c1. The van der Waals surface area contributed by atoms with Gasteiger partial charge in [-0.1, -0.05) is 11.6 Å². The van der Waals surface area contributed by atoms with E-state index in [1.54, 1.807) is 6.20 Å². The summed E-state index contributed by atoms with van der Waals surface area (Å²) in [5, 5.41) is 16.1. The van der Waals surface area contributed by atoms with Crippen LogP contribution in [0.2, 0.25) is 5.02 Å². The zero-order chi connectivity index (χ0) is 24.5. The van der Waals surface area contributed by atoms with E-state index in [1.165, 1.54) is 22.9 Å². The third kappa shape index (κ3) is 5.21. The first-order valence-electron chi connectivity index (χ1n) is 10.3. The van der Waals surface area contributed by atoms with Crippen LogP contribution in [0, 0.1) is 11.6 Å². The van der Waals surface area contributed by atoms with Crippen molar-refractivity contribution in [1.82, 2.24) is 15.1 Å². The van der Waals surface area contributed by atoms with Crippen molar-refractivity contribution >= 4 is 27.4 Å². The molecule has 2 N–H and O–H groups in total. The molecule has 0 spiro atoms. The van der Waals surface area contributed by atoms with Crippen molar-refractivity contribution in [2.75, 3.05) is 5.88 Å². The highest BCUT2D eigenvalue weighted by Crippen LogP contribution is 2.34. The molecule has 1 aromatic heterocycles. The zero-order valence-electron chi connectivity index (χ0n) is 17.7. The Morgan fingerprint density at radius 1 is 1.24 bits per heavy atom. The Morgan fingerprint density at radius 2 is 2.03 bits per heavy atom. The highest BCUT2D eigenvalue weighted by Gasteiger charge is 2.27. The topological polar surface area (TPSA) is 111 Å². The van der Waals surface area contributed by atoms with Crippen molar-refractivity contribution in [3.05, 3.63) is 70.5 Å². The van der Waals surface area contributed by atoms with Gasteiger partial charge in [0.25, 0.3) is 0 Å². The fraction of sp³-hybridized carbons (Fsp3) is 0.273. The number of halogens is 3. The van der Waals surface area contributed by atoms with Crippen molar-refractivity contribution in [2.24, 2.45) is 0 Å². The number of carboxylic acid groups (broad SMARTS) is 1. The smallest absolute Gasteiger partial charge is 0.325 e. The first-order chi connectivity index (χ1) is 16.1. The zero-order valence-corrected chi connectivity index (χ0v) is 19.2. The van der Waals surface area contributed by atoms with Crippen molar-refractivity contribution in [3.8, 4) is 11.5 Å². The lowest BCUT2D eigenvalue weighted by atomic mass is 9.93. The summed E-state index contributed by atoms with van der Waals surface area (Å²) in [6.45, 7) is -0.257. The summed E-state index contributed by atoms with van der Waals surface area (Å²) >= 11 is 6.15. The molecule has 0 saturated carbocycles. The van der Waals surface area contributed by atoms with Crippen molar-refractivity contribution in [2.45, 2.75) is 36.7 Å². The fourth-order valence-electron chi connectivity index (χ4n) is 3.82. The molecule has 12 heteroatoms. The monoisotopic (exact) mass is 511 g/mol. The summed E-state index contributed by atoms with van der Waals surface area (Å²) in [5.41, 5.74) is 1.55. The van der Waals surface area contributed by atoms with Gasteiger partial charge in [0.15, 0.2) is 21.4 Å². The largest absolute Gasteiger partial charge is 0.480 e. The molecular weight excluding hydrogens is 492 g/mol. The van der Waals surface area contributed by atoms with Crippen LogP contribution in [0.25, 0.3) is 0 Å². The molecule has 34 heavy (non-hydrogen) atoms. The number of hydrogen-bond acceptors (Lipinski definition) is 6. The number of benzene rings is 2. The van der Waals surface area contributed by atoms with Crippen LogP contribution in [0.4, 0.5) is 8.78 Å². The minimum absolute atomic E-state index is 0.0270. The minimum Gasteiger partial charge on any atom is -0.480 e. The summed E-state index contributed by atoms with van der Waals surface area (Å²) in [6, 6.07) is 6.14. The normalized spacial score (nSPS) is 15.7. The maximum Gasteiger partial charge on any atom is 0.325 e. The summed E-state index contributed by atoms with van der Waals surface area (Å²) in [7, 11) is -3.81. The minimum atomic E-state index is -3.81. The van der Waals surface area contributed by atoms with E-state index in [4.69, 9.17) is 21.4 Å². The Hall–Kier alpha value is -3.02. The highest BCUT2D eigenvalue weighted by molar-refractivity contribution is 7.91. The van der Waals surface area contributed by atoms with Crippen LogP contribution >= 0.6 is 11.6 Å². The number of ether oxygens (including phenoxy) is 1. The number of aromatic nitrogens is 2. The number of fused-ring (bicyclic) bond motifs is 1. The van der Waals surface area contributed by atoms with E-state index in [2.05, 4.69) is 10.4 Å². The van der Waals surface area contributed by atoms with Crippen LogP contribution in [0.15, 0.2) is 47.5 Å². The quantitative estimate of drug-likeness (QED) is 0.468. The lowest BCUT2D eigenvalue weighted by molar-refractivity contribution is -0.137. The molecule has 0 radical (unpaired) electrons. The van der Waals surface area contributed by atoms with Gasteiger partial charge in [-0.25, -0.2) is 17.2 Å². The Morgan fingerprint density at radius 3 is 2.76 bits per heavy atom. The van der Waals surface area contributed by atoms with E-state index < -0.39 is 33.3 Å². The molecule has 1 aliphatic carbocycles. The number of hydrogen-bond donors (Lipinski definition) is 2. The van der Waals surface area contributed by atoms with Gasteiger partial charge >= 0.3 is 5.97 Å². The Bertz CT molecular complexity index is 1350. The van der Waals surface area contributed by atoms with Gasteiger partial charge in [-0.05, 0) is 49.6 Å². The van der Waals surface area contributed by atoms with Gasteiger partial charge in [0.05, 0.1) is 16.1 Å². The van der Waals surface area contributed by atoms with Crippen LogP contribution in [-0.2, 0) is 27.6 Å². The molecule has 0 amide bonds. The maximum absolute atomic E-state index is 13.8. The van der Waals surface area contributed by atoms with E-state index >= 15 is 0 Å². The fourth-order valence-corrected chi connectivity index (χ4v) is 5.26. The van der Waals surface area contributed by atoms with E-state index in [-0.39, 0.29) is 34.0 Å². The van der Waals surface area contributed by atoms with Gasteiger partial charge in [0, 0.05) is 23.4 Å². The number of nitrogens with one attached hydrogen (secondary N) is 1. The van der Waals surface area contributed by atoms with Gasteiger partial charge in [0.2, 0.25) is 0 Å². The van der Waals surface area contributed by atoms with E-state index in [1.807, 2.05) is 0 Å². The number of aliphatic carboxylic acids is 1. The van der Waals surface area contributed by atoms with Crippen LogP contribution in [0.5, 0.6) is 11.5 Å². The predicted octanol–water partition coefficient (Wildman–Crippen LogP) is 4.09. The highest BCUT2D eigenvalue weighted by atomic mass is 35.5. The standard InChI is InChI=1S/C22H20ClF2N3O5S/c23-16-9-14(5-7-20(16)33-21-8-13(24)4-6-17(21)25)34(31,32)12-26-18-2-1-3-19-15(18)10-27-28(19)11-22(29)30/h4-10,18,26H,1-3,11-12H2,(H,29,30)/t18-/m1/s1. The van der Waals surface area contributed by atoms with Gasteiger partial charge in [-0.3, -0.25) is 14.8 Å². The molecule has 1 atom stereocenters. The molecule has 0 saturated heterocycles. The number of rotatable bonds is 8. The first-order valence-corrected chi connectivity index (χ1v) is 12.3. The Labute approximate surface area is 199 Å². The van der Waals surface area contributed by atoms with Gasteiger partial charge < -0.3 is 9.84 Å². The summed E-state index contributed by atoms with van der Waals surface area (Å²) in [6.07, 6.45) is 3.66. The third-order valence-corrected chi connectivity index (χ3v) is 7.26. The van der Waals surface area contributed by atoms with Crippen LogP contribution < -0.4 is 10.1 Å². The molecular formula is C22H20ClF2N3O5S. The van der Waals surface area contributed by atoms with Crippen molar-refractivity contribution < 1.29 is 31.8 Å². The van der Waals surface area contributed by atoms with Crippen LogP contribution in [-0.4, -0.2) is 35.2 Å². The lowest BCUT2D eigenvalue weighted by Gasteiger charge is -2.24. The van der Waals surface area contributed by atoms with Crippen molar-refractivity contribution in [1.29, 1.82) is 0 Å². The average molecular weight is 512 g/mol. The Kier molecular flexibility index (Phi) is 6.87. The molecule has 0 unspecified atom stereocenters. The van der Waals surface area contributed by atoms with Crippen LogP contribution in [0.1, 0.15) is 30.1 Å². The molecule has 0 fully saturated rings. The van der Waals surface area contributed by atoms with E-state index in [0.717, 1.165) is 35.9 Å². The van der Waals surface area contributed by atoms with E-state index in [9.17, 15) is 22.0 Å². The molecule has 8 nitrogen and oxygen atoms in total. The maximum atomic E-state index is 13.8. The number of carboxylic acids is 1.